The lowest BCUT2D eigenvalue weighted by Gasteiger charge is -2.05. The zero-order chi connectivity index (χ0) is 14.4. The summed E-state index contributed by atoms with van der Waals surface area (Å²) >= 11 is 0. The van der Waals surface area contributed by atoms with Gasteiger partial charge in [-0.25, -0.2) is 0 Å². The van der Waals surface area contributed by atoms with Gasteiger partial charge in [-0.05, 0) is 24.1 Å². The summed E-state index contributed by atoms with van der Waals surface area (Å²) in [6.07, 6.45) is 0.969. The van der Waals surface area contributed by atoms with Crippen molar-refractivity contribution in [3.8, 4) is 5.75 Å². The first-order valence-electron chi connectivity index (χ1n) is 6.68. The molecule has 1 rings (SSSR count). The third kappa shape index (κ3) is 8.62. The lowest BCUT2D eigenvalue weighted by Crippen LogP contribution is -2.24. The van der Waals surface area contributed by atoms with E-state index in [1.165, 1.54) is 5.56 Å². The Morgan fingerprint density at radius 3 is 2.33 bits per heavy atom. The molecular formula is C15H27NO2. The summed E-state index contributed by atoms with van der Waals surface area (Å²) in [6.45, 7) is 10.2. The number of rotatable bonds is 4. The van der Waals surface area contributed by atoms with Crippen LogP contribution < -0.4 is 10.1 Å². The smallest absolute Gasteiger partial charge is 0.257 e. The number of hydrogen-bond acceptors (Lipinski definition) is 2. The van der Waals surface area contributed by atoms with E-state index in [2.05, 4.69) is 12.2 Å². The number of likely N-dealkylation sites (N-methyl/N-ethyl adjacent to an activating group) is 1. The number of nitrogens with one attached hydrogen (secondary N) is 1. The van der Waals surface area contributed by atoms with Crippen LogP contribution >= 0.6 is 0 Å². The van der Waals surface area contributed by atoms with Crippen LogP contribution in [0.4, 0.5) is 0 Å². The highest BCUT2D eigenvalue weighted by atomic mass is 16.5. The molecule has 0 aliphatic heterocycles. The van der Waals surface area contributed by atoms with Crippen molar-refractivity contribution in [3.05, 3.63) is 29.8 Å². The van der Waals surface area contributed by atoms with E-state index < -0.39 is 0 Å². The molecule has 0 fully saturated rings. The molecule has 1 aromatic rings. The second-order valence-electron chi connectivity index (χ2n) is 2.96. The largest absolute Gasteiger partial charge is 0.484 e. The summed E-state index contributed by atoms with van der Waals surface area (Å²) in [5.41, 5.74) is 1.21. The fraction of sp³-hybridized carbons (Fsp3) is 0.533. The summed E-state index contributed by atoms with van der Waals surface area (Å²) in [5, 5.41) is 2.50. The Morgan fingerprint density at radius 1 is 1.22 bits per heavy atom. The maximum Gasteiger partial charge on any atom is 0.257 e. The maximum atomic E-state index is 10.9. The highest BCUT2D eigenvalue weighted by Gasteiger charge is 1.99. The molecule has 0 aromatic heterocycles. The molecule has 1 amide bonds. The predicted octanol–water partition coefficient (Wildman–Crippen LogP) is 3.43. The van der Waals surface area contributed by atoms with E-state index in [0.717, 1.165) is 12.2 Å². The lowest BCUT2D eigenvalue weighted by atomic mass is 10.2. The van der Waals surface area contributed by atoms with Crippen LogP contribution in [0.1, 0.15) is 40.2 Å². The minimum absolute atomic E-state index is 0.0731. The van der Waals surface area contributed by atoms with Gasteiger partial charge in [-0.1, -0.05) is 46.8 Å². The Balaban J connectivity index is 0. The van der Waals surface area contributed by atoms with Gasteiger partial charge in [0.05, 0.1) is 0 Å². The van der Waals surface area contributed by atoms with Gasteiger partial charge in [0.25, 0.3) is 5.91 Å². The van der Waals surface area contributed by atoms with Gasteiger partial charge >= 0.3 is 0 Å². The van der Waals surface area contributed by atoms with Crippen molar-refractivity contribution in [2.45, 2.75) is 41.0 Å². The standard InChI is InChI=1S/C11H15NO2.2C2H6/c1-3-9-5-4-6-10(7-9)14-8-11(13)12-2;2*1-2/h4-7H,3,8H2,1-2H3,(H,12,13);2*1-2H3. The Labute approximate surface area is 112 Å². The molecule has 0 heterocycles. The van der Waals surface area contributed by atoms with Gasteiger partial charge in [0.1, 0.15) is 5.75 Å². The van der Waals surface area contributed by atoms with Crippen molar-refractivity contribution >= 4 is 5.91 Å². The fourth-order valence-corrected chi connectivity index (χ4v) is 1.08. The molecule has 0 aliphatic carbocycles. The third-order valence-electron chi connectivity index (χ3n) is 1.96. The quantitative estimate of drug-likeness (QED) is 0.892. The number of carbonyl (C=O) groups is 1. The minimum Gasteiger partial charge on any atom is -0.484 e. The predicted molar refractivity (Wildman–Crippen MR) is 78.1 cm³/mol. The van der Waals surface area contributed by atoms with Crippen LogP contribution in [0.25, 0.3) is 0 Å². The van der Waals surface area contributed by atoms with Crippen molar-refractivity contribution in [2.75, 3.05) is 13.7 Å². The molecule has 0 bridgehead atoms. The Bertz CT molecular complexity index is 311. The number of carbonyl (C=O) groups excluding carboxylic acids is 1. The molecule has 0 radical (unpaired) electrons. The maximum absolute atomic E-state index is 10.9. The Hall–Kier alpha value is -1.51. The topological polar surface area (TPSA) is 38.3 Å². The molecule has 0 saturated heterocycles. The van der Waals surface area contributed by atoms with Crippen LogP contribution in [0, 0.1) is 0 Å². The molecule has 104 valence electrons. The molecular weight excluding hydrogens is 226 g/mol. The van der Waals surface area contributed by atoms with Crippen molar-refractivity contribution in [1.82, 2.24) is 5.32 Å². The summed E-state index contributed by atoms with van der Waals surface area (Å²) in [6, 6.07) is 7.76. The third-order valence-corrected chi connectivity index (χ3v) is 1.96. The summed E-state index contributed by atoms with van der Waals surface area (Å²) in [5.74, 6) is 0.625. The molecule has 3 heteroatoms. The average molecular weight is 253 g/mol. The average Bonchev–Trinajstić information content (AvgIpc) is 2.49. The van der Waals surface area contributed by atoms with E-state index in [9.17, 15) is 4.79 Å². The number of hydrogen-bond donors (Lipinski definition) is 1. The molecule has 0 unspecified atom stereocenters. The van der Waals surface area contributed by atoms with E-state index in [0.29, 0.717) is 0 Å². The van der Waals surface area contributed by atoms with Crippen LogP contribution in [0.3, 0.4) is 0 Å². The molecule has 0 atom stereocenters. The summed E-state index contributed by atoms with van der Waals surface area (Å²) in [4.78, 5) is 10.9. The summed E-state index contributed by atoms with van der Waals surface area (Å²) < 4.78 is 5.29. The Kier molecular flexibility index (Phi) is 14.2. The van der Waals surface area contributed by atoms with Crippen LogP contribution in [0.15, 0.2) is 24.3 Å². The van der Waals surface area contributed by atoms with Gasteiger partial charge in [-0.2, -0.15) is 0 Å². The van der Waals surface area contributed by atoms with Gasteiger partial charge in [-0.15, -0.1) is 0 Å². The van der Waals surface area contributed by atoms with Crippen LogP contribution in [-0.2, 0) is 11.2 Å². The van der Waals surface area contributed by atoms with E-state index in [1.807, 2.05) is 52.0 Å². The SMILES string of the molecule is CC.CC.CCc1cccc(OCC(=O)NC)c1. The molecule has 0 aliphatic rings. The van der Waals surface area contributed by atoms with Gasteiger partial charge in [-0.3, -0.25) is 4.79 Å². The first kappa shape index (κ1) is 18.8. The molecule has 18 heavy (non-hydrogen) atoms. The monoisotopic (exact) mass is 253 g/mol. The number of benzene rings is 1. The zero-order valence-electron chi connectivity index (χ0n) is 12.5. The highest BCUT2D eigenvalue weighted by molar-refractivity contribution is 5.77. The summed E-state index contributed by atoms with van der Waals surface area (Å²) in [7, 11) is 1.59. The molecule has 0 spiro atoms. The highest BCUT2D eigenvalue weighted by Crippen LogP contribution is 2.13. The fourth-order valence-electron chi connectivity index (χ4n) is 1.08. The number of amides is 1. The lowest BCUT2D eigenvalue weighted by molar-refractivity contribution is -0.122. The van der Waals surface area contributed by atoms with E-state index >= 15 is 0 Å². The van der Waals surface area contributed by atoms with Gasteiger partial charge in [0.15, 0.2) is 6.61 Å². The van der Waals surface area contributed by atoms with Crippen molar-refractivity contribution in [3.63, 3.8) is 0 Å². The van der Waals surface area contributed by atoms with Crippen molar-refractivity contribution in [2.24, 2.45) is 0 Å². The number of aryl methyl sites for hydroxylation is 1. The van der Waals surface area contributed by atoms with Gasteiger partial charge < -0.3 is 10.1 Å². The normalized spacial score (nSPS) is 8.11. The second kappa shape index (κ2) is 13.6. The van der Waals surface area contributed by atoms with E-state index in [1.54, 1.807) is 7.05 Å². The zero-order valence-corrected chi connectivity index (χ0v) is 12.5. The first-order chi connectivity index (χ1) is 8.76. The first-order valence-corrected chi connectivity index (χ1v) is 6.68. The van der Waals surface area contributed by atoms with Crippen molar-refractivity contribution < 1.29 is 9.53 Å². The molecule has 3 nitrogen and oxygen atoms in total. The molecule has 1 N–H and O–H groups in total. The molecule has 0 saturated carbocycles. The second-order valence-corrected chi connectivity index (χ2v) is 2.96. The van der Waals surface area contributed by atoms with Crippen molar-refractivity contribution in [1.29, 1.82) is 0 Å². The molecule has 1 aromatic carbocycles. The Morgan fingerprint density at radius 2 is 1.83 bits per heavy atom. The van der Waals surface area contributed by atoms with Crippen LogP contribution in [0.2, 0.25) is 0 Å². The van der Waals surface area contributed by atoms with Gasteiger partial charge in [0.2, 0.25) is 0 Å². The van der Waals surface area contributed by atoms with E-state index in [4.69, 9.17) is 4.74 Å². The van der Waals surface area contributed by atoms with E-state index in [-0.39, 0.29) is 12.5 Å². The number of ether oxygens (including phenoxy) is 1. The minimum atomic E-state index is -0.119. The van der Waals surface area contributed by atoms with Crippen LogP contribution in [0.5, 0.6) is 5.75 Å². The van der Waals surface area contributed by atoms with Gasteiger partial charge in [0, 0.05) is 7.05 Å². The van der Waals surface area contributed by atoms with Crippen LogP contribution in [-0.4, -0.2) is 19.6 Å².